The number of hydrogen-bond acceptors (Lipinski definition) is 2. The highest BCUT2D eigenvalue weighted by atomic mass is 19.2. The molecule has 0 aliphatic carbocycles. The number of aliphatic hydroxyl groups is 1. The van der Waals surface area contributed by atoms with E-state index in [1.165, 1.54) is 0 Å². The molecule has 6 heteroatoms. The number of aliphatic hydroxyl groups excluding tert-OH is 1. The van der Waals surface area contributed by atoms with Gasteiger partial charge in [0.25, 0.3) is 0 Å². The van der Waals surface area contributed by atoms with Gasteiger partial charge < -0.3 is 9.84 Å². The van der Waals surface area contributed by atoms with E-state index >= 15 is 0 Å². The maximum Gasteiger partial charge on any atom is 0.203 e. The number of hydrogen-bond donors (Lipinski definition) is 1. The predicted octanol–water partition coefficient (Wildman–Crippen LogP) is 3.75. The van der Waals surface area contributed by atoms with E-state index in [1.54, 1.807) is 30.3 Å². The van der Waals surface area contributed by atoms with E-state index in [9.17, 15) is 22.7 Å². The maximum absolute atomic E-state index is 13.3. The monoisotopic (exact) mass is 300 g/mol. The molecule has 1 atom stereocenters. The average Bonchev–Trinajstić information content (AvgIpc) is 2.49. The molecule has 0 aliphatic heterocycles. The Kier molecular flexibility index (Phi) is 4.80. The van der Waals surface area contributed by atoms with Crippen molar-refractivity contribution in [2.45, 2.75) is 12.5 Å². The molecule has 1 unspecified atom stereocenters. The average molecular weight is 300 g/mol. The first kappa shape index (κ1) is 15.3. The van der Waals surface area contributed by atoms with Crippen molar-refractivity contribution in [3.05, 3.63) is 65.2 Å². The van der Waals surface area contributed by atoms with Gasteiger partial charge in [0.2, 0.25) is 11.6 Å². The van der Waals surface area contributed by atoms with Gasteiger partial charge in [0.1, 0.15) is 0 Å². The SMILES string of the molecule is OC(CCOc1c(F)c(F)cc(F)c1F)c1ccccc1. The second kappa shape index (κ2) is 6.58. The van der Waals surface area contributed by atoms with E-state index < -0.39 is 35.1 Å². The fourth-order valence-electron chi connectivity index (χ4n) is 1.79. The Bertz CT molecular complexity index is 591. The Morgan fingerprint density at radius 2 is 1.52 bits per heavy atom. The van der Waals surface area contributed by atoms with Crippen LogP contribution in [0.2, 0.25) is 0 Å². The van der Waals surface area contributed by atoms with E-state index in [2.05, 4.69) is 0 Å². The van der Waals surface area contributed by atoms with Crippen LogP contribution in [0, 0.1) is 23.3 Å². The van der Waals surface area contributed by atoms with Crippen molar-refractivity contribution in [2.24, 2.45) is 0 Å². The van der Waals surface area contributed by atoms with Gasteiger partial charge in [-0.2, -0.15) is 8.78 Å². The molecule has 2 nitrogen and oxygen atoms in total. The van der Waals surface area contributed by atoms with E-state index in [0.717, 1.165) is 0 Å². The lowest BCUT2D eigenvalue weighted by Gasteiger charge is -2.13. The molecule has 2 rings (SSSR count). The van der Waals surface area contributed by atoms with E-state index in [1.807, 2.05) is 0 Å². The van der Waals surface area contributed by atoms with Crippen molar-refractivity contribution in [3.63, 3.8) is 0 Å². The first-order valence-corrected chi connectivity index (χ1v) is 6.19. The summed E-state index contributed by atoms with van der Waals surface area (Å²) in [5.41, 5.74) is 0.604. The van der Waals surface area contributed by atoms with Crippen LogP contribution in [0.4, 0.5) is 17.6 Å². The summed E-state index contributed by atoms with van der Waals surface area (Å²) in [5.74, 6) is -7.38. The van der Waals surface area contributed by atoms with Crippen molar-refractivity contribution in [2.75, 3.05) is 6.61 Å². The molecule has 2 aromatic rings. The van der Waals surface area contributed by atoms with Crippen molar-refractivity contribution in [1.29, 1.82) is 0 Å². The predicted molar refractivity (Wildman–Crippen MR) is 67.8 cm³/mol. The zero-order valence-corrected chi connectivity index (χ0v) is 10.8. The molecule has 0 aliphatic rings. The highest BCUT2D eigenvalue weighted by molar-refractivity contribution is 5.28. The fourth-order valence-corrected chi connectivity index (χ4v) is 1.79. The molecule has 0 heterocycles. The summed E-state index contributed by atoms with van der Waals surface area (Å²) >= 11 is 0. The van der Waals surface area contributed by atoms with Crippen LogP contribution in [-0.4, -0.2) is 11.7 Å². The van der Waals surface area contributed by atoms with Crippen molar-refractivity contribution < 1.29 is 27.4 Å². The lowest BCUT2D eigenvalue weighted by Crippen LogP contribution is -2.08. The lowest BCUT2D eigenvalue weighted by molar-refractivity contribution is 0.136. The molecular formula is C15H12F4O2. The van der Waals surface area contributed by atoms with Crippen molar-refractivity contribution in [1.82, 2.24) is 0 Å². The normalized spacial score (nSPS) is 12.2. The van der Waals surface area contributed by atoms with Crippen LogP contribution in [0.25, 0.3) is 0 Å². The van der Waals surface area contributed by atoms with Gasteiger partial charge in [-0.3, -0.25) is 0 Å². The first-order valence-electron chi connectivity index (χ1n) is 6.19. The molecule has 0 amide bonds. The maximum atomic E-state index is 13.3. The number of rotatable bonds is 5. The number of halogens is 4. The molecule has 0 radical (unpaired) electrons. The zero-order valence-electron chi connectivity index (χ0n) is 10.8. The molecule has 0 saturated carbocycles. The highest BCUT2D eigenvalue weighted by Crippen LogP contribution is 2.27. The van der Waals surface area contributed by atoms with Crippen LogP contribution in [0.15, 0.2) is 36.4 Å². The summed E-state index contributed by atoms with van der Waals surface area (Å²) in [6.45, 7) is -0.299. The van der Waals surface area contributed by atoms with Gasteiger partial charge in [-0.15, -0.1) is 0 Å². The molecule has 2 aromatic carbocycles. The fraction of sp³-hybridized carbons (Fsp3) is 0.200. The molecule has 0 bridgehead atoms. The third kappa shape index (κ3) is 3.52. The van der Waals surface area contributed by atoms with Crippen LogP contribution in [0.5, 0.6) is 5.75 Å². The number of ether oxygens (including phenoxy) is 1. The van der Waals surface area contributed by atoms with Crippen LogP contribution >= 0.6 is 0 Å². The Morgan fingerprint density at radius 3 is 2.10 bits per heavy atom. The van der Waals surface area contributed by atoms with Gasteiger partial charge in [-0.25, -0.2) is 8.78 Å². The van der Waals surface area contributed by atoms with Gasteiger partial charge in [0, 0.05) is 12.5 Å². The van der Waals surface area contributed by atoms with E-state index in [0.29, 0.717) is 5.56 Å². The zero-order chi connectivity index (χ0) is 15.4. The van der Waals surface area contributed by atoms with Crippen LogP contribution < -0.4 is 4.74 Å². The minimum Gasteiger partial charge on any atom is -0.487 e. The van der Waals surface area contributed by atoms with Gasteiger partial charge >= 0.3 is 0 Å². The van der Waals surface area contributed by atoms with Gasteiger partial charge in [-0.05, 0) is 5.56 Å². The molecule has 0 aromatic heterocycles. The summed E-state index contributed by atoms with van der Waals surface area (Å²) in [7, 11) is 0. The summed E-state index contributed by atoms with van der Waals surface area (Å²) < 4.78 is 57.3. The van der Waals surface area contributed by atoms with Crippen LogP contribution in [0.1, 0.15) is 18.1 Å². The minimum absolute atomic E-state index is 0.0149. The summed E-state index contributed by atoms with van der Waals surface area (Å²) in [4.78, 5) is 0. The Balaban J connectivity index is 2.01. The van der Waals surface area contributed by atoms with Gasteiger partial charge in [0.15, 0.2) is 17.4 Å². The Hall–Kier alpha value is -2.08. The molecule has 0 spiro atoms. The lowest BCUT2D eigenvalue weighted by atomic mass is 10.1. The van der Waals surface area contributed by atoms with E-state index in [4.69, 9.17) is 4.74 Å². The third-order valence-electron chi connectivity index (χ3n) is 2.89. The highest BCUT2D eigenvalue weighted by Gasteiger charge is 2.20. The second-order valence-corrected chi connectivity index (χ2v) is 4.36. The first-order chi connectivity index (χ1) is 10.0. The van der Waals surface area contributed by atoms with Gasteiger partial charge in [-0.1, -0.05) is 30.3 Å². The molecule has 1 N–H and O–H groups in total. The summed E-state index contributed by atoms with van der Waals surface area (Å²) in [5, 5.41) is 9.83. The van der Waals surface area contributed by atoms with Crippen molar-refractivity contribution in [3.8, 4) is 5.75 Å². The third-order valence-corrected chi connectivity index (χ3v) is 2.89. The quantitative estimate of drug-likeness (QED) is 0.673. The molecule has 0 fully saturated rings. The largest absolute Gasteiger partial charge is 0.487 e. The van der Waals surface area contributed by atoms with Gasteiger partial charge in [0.05, 0.1) is 12.7 Å². The molecule has 21 heavy (non-hydrogen) atoms. The second-order valence-electron chi connectivity index (χ2n) is 4.36. The summed E-state index contributed by atoms with van der Waals surface area (Å²) in [6, 6.07) is 8.67. The Labute approximate surface area is 118 Å². The van der Waals surface area contributed by atoms with E-state index in [-0.39, 0.29) is 19.1 Å². The smallest absolute Gasteiger partial charge is 0.203 e. The van der Waals surface area contributed by atoms with Crippen molar-refractivity contribution >= 4 is 0 Å². The van der Waals surface area contributed by atoms with Crippen LogP contribution in [-0.2, 0) is 0 Å². The Morgan fingerprint density at radius 1 is 0.952 bits per heavy atom. The standard InChI is InChI=1S/C15H12F4O2/c16-10-8-11(17)14(19)15(13(10)18)21-7-6-12(20)9-4-2-1-3-5-9/h1-5,8,12,20H,6-7H2. The topological polar surface area (TPSA) is 29.5 Å². The van der Waals surface area contributed by atoms with Crippen LogP contribution in [0.3, 0.4) is 0 Å². The molecular weight excluding hydrogens is 288 g/mol. The molecule has 112 valence electrons. The minimum atomic E-state index is -1.59. The molecule has 0 saturated heterocycles. The summed E-state index contributed by atoms with van der Waals surface area (Å²) in [6.07, 6.45) is -0.892. The number of benzene rings is 2.